The second-order valence-electron chi connectivity index (χ2n) is 8.36. The summed E-state index contributed by atoms with van der Waals surface area (Å²) < 4.78 is 14.8. The average Bonchev–Trinajstić information content (AvgIpc) is 3.31. The maximum Gasteiger partial charge on any atom is 0.269 e. The van der Waals surface area contributed by atoms with Crippen molar-refractivity contribution in [2.45, 2.75) is 19.5 Å². The molecular weight excluding hydrogens is 449 g/mol. The standard InChI is InChI=1S/C25H24FN7O2/c1-27-25(35)20-5-4-18(13-28-20)23(34)11-24-29-12-17-3-2-16(10-21(17)31-24)19-14-30-33-9-8-32(7-6-26)15-22(19)33/h2-5,10,12-14H,6-9,11,15H2,1H3,(H,27,35). The quantitative estimate of drug-likeness (QED) is 0.411. The van der Waals surface area contributed by atoms with E-state index in [-0.39, 0.29) is 30.5 Å². The number of ketones is 1. The molecule has 0 atom stereocenters. The second kappa shape index (κ2) is 9.67. The highest BCUT2D eigenvalue weighted by Crippen LogP contribution is 2.29. The van der Waals surface area contributed by atoms with Gasteiger partial charge in [-0.05, 0) is 23.8 Å². The normalized spacial score (nSPS) is 13.5. The summed E-state index contributed by atoms with van der Waals surface area (Å²) in [7, 11) is 1.52. The van der Waals surface area contributed by atoms with Crippen LogP contribution in [0.1, 0.15) is 32.4 Å². The van der Waals surface area contributed by atoms with E-state index in [1.807, 2.05) is 29.1 Å². The number of benzene rings is 1. The van der Waals surface area contributed by atoms with E-state index in [1.54, 1.807) is 12.3 Å². The summed E-state index contributed by atoms with van der Waals surface area (Å²) in [6, 6.07) is 9.01. The first-order valence-electron chi connectivity index (χ1n) is 11.4. The maximum atomic E-state index is 12.9. The molecule has 3 aromatic heterocycles. The molecule has 0 radical (unpaired) electrons. The van der Waals surface area contributed by atoms with Gasteiger partial charge in [-0.3, -0.25) is 24.2 Å². The van der Waals surface area contributed by atoms with Crippen LogP contribution in [0.2, 0.25) is 0 Å². The molecule has 0 spiro atoms. The number of Topliss-reactive ketones (excluding diaryl/α,β-unsaturated/α-hetero) is 1. The molecule has 1 aliphatic rings. The lowest BCUT2D eigenvalue weighted by atomic mass is 10.0. The summed E-state index contributed by atoms with van der Waals surface area (Å²) in [5, 5.41) is 7.87. The van der Waals surface area contributed by atoms with Crippen LogP contribution >= 0.6 is 0 Å². The molecule has 4 aromatic rings. The van der Waals surface area contributed by atoms with Gasteiger partial charge >= 0.3 is 0 Å². The second-order valence-corrected chi connectivity index (χ2v) is 8.36. The van der Waals surface area contributed by atoms with Crippen LogP contribution in [0.4, 0.5) is 4.39 Å². The van der Waals surface area contributed by atoms with E-state index in [1.165, 1.54) is 19.3 Å². The maximum absolute atomic E-state index is 12.9. The predicted octanol–water partition coefficient (Wildman–Crippen LogP) is 2.46. The zero-order valence-corrected chi connectivity index (χ0v) is 19.2. The number of fused-ring (bicyclic) bond motifs is 2. The molecule has 1 amide bonds. The molecule has 0 fully saturated rings. The van der Waals surface area contributed by atoms with Crippen LogP contribution in [0.5, 0.6) is 0 Å². The fourth-order valence-electron chi connectivity index (χ4n) is 4.23. The molecule has 0 unspecified atom stereocenters. The predicted molar refractivity (Wildman–Crippen MR) is 128 cm³/mol. The van der Waals surface area contributed by atoms with Crippen LogP contribution in [0.25, 0.3) is 22.0 Å². The molecule has 0 aliphatic carbocycles. The number of hydrogen-bond donors (Lipinski definition) is 1. The van der Waals surface area contributed by atoms with Crippen molar-refractivity contribution in [3.63, 3.8) is 0 Å². The average molecular weight is 474 g/mol. The van der Waals surface area contributed by atoms with Crippen molar-refractivity contribution < 1.29 is 14.0 Å². The summed E-state index contributed by atoms with van der Waals surface area (Å²) >= 11 is 0. The molecule has 0 bridgehead atoms. The van der Waals surface area contributed by atoms with Crippen molar-refractivity contribution in [2.75, 3.05) is 26.8 Å². The number of rotatable bonds is 7. The lowest BCUT2D eigenvalue weighted by molar-refractivity contribution is 0.0953. The van der Waals surface area contributed by atoms with Crippen molar-refractivity contribution in [3.8, 4) is 11.1 Å². The molecule has 9 nitrogen and oxygen atoms in total. The van der Waals surface area contributed by atoms with Crippen molar-refractivity contribution in [1.82, 2.24) is 34.9 Å². The van der Waals surface area contributed by atoms with E-state index in [0.717, 1.165) is 40.8 Å². The molecule has 10 heteroatoms. The summed E-state index contributed by atoms with van der Waals surface area (Å²) in [6.45, 7) is 2.21. The number of aromatic nitrogens is 5. The van der Waals surface area contributed by atoms with Crippen molar-refractivity contribution in [2.24, 2.45) is 0 Å². The van der Waals surface area contributed by atoms with Gasteiger partial charge in [0.15, 0.2) is 5.78 Å². The zero-order valence-electron chi connectivity index (χ0n) is 19.2. The monoisotopic (exact) mass is 473 g/mol. The molecule has 0 saturated heterocycles. The third-order valence-electron chi connectivity index (χ3n) is 6.16. The molecular formula is C25H24FN7O2. The Kier molecular flexibility index (Phi) is 6.28. The number of amides is 1. The Hall–Kier alpha value is -4.05. The van der Waals surface area contributed by atoms with E-state index >= 15 is 0 Å². The fourth-order valence-corrected chi connectivity index (χ4v) is 4.23. The Balaban J connectivity index is 1.38. The molecule has 4 heterocycles. The number of carbonyl (C=O) groups is 2. The first kappa shape index (κ1) is 22.7. The number of carbonyl (C=O) groups excluding carboxylic acids is 2. The van der Waals surface area contributed by atoms with Crippen LogP contribution < -0.4 is 5.32 Å². The van der Waals surface area contributed by atoms with Crippen molar-refractivity contribution in [3.05, 3.63) is 71.7 Å². The molecule has 1 aromatic carbocycles. The Morgan fingerprint density at radius 2 is 1.97 bits per heavy atom. The van der Waals surface area contributed by atoms with Crippen LogP contribution in [0.3, 0.4) is 0 Å². The number of alkyl halides is 1. The minimum atomic E-state index is -0.369. The van der Waals surface area contributed by atoms with Gasteiger partial charge in [-0.1, -0.05) is 12.1 Å². The van der Waals surface area contributed by atoms with Gasteiger partial charge in [0.05, 0.1) is 30.4 Å². The summed E-state index contributed by atoms with van der Waals surface area (Å²) in [5.74, 6) is -0.0937. The highest BCUT2D eigenvalue weighted by molar-refractivity contribution is 5.98. The number of pyridine rings is 1. The largest absolute Gasteiger partial charge is 0.354 e. The number of nitrogens with zero attached hydrogens (tertiary/aromatic N) is 6. The topological polar surface area (TPSA) is 106 Å². The molecule has 1 aliphatic heterocycles. The smallest absolute Gasteiger partial charge is 0.269 e. The minimum absolute atomic E-state index is 0.0164. The molecule has 0 saturated carbocycles. The van der Waals surface area contributed by atoms with Crippen molar-refractivity contribution >= 4 is 22.6 Å². The van der Waals surface area contributed by atoms with E-state index < -0.39 is 0 Å². The number of hydrogen-bond acceptors (Lipinski definition) is 7. The summed E-state index contributed by atoms with van der Waals surface area (Å²) in [6.07, 6.45) is 4.96. The first-order valence-corrected chi connectivity index (χ1v) is 11.4. The lowest BCUT2D eigenvalue weighted by Gasteiger charge is -2.27. The molecule has 178 valence electrons. The Bertz CT molecular complexity index is 1400. The van der Waals surface area contributed by atoms with Crippen molar-refractivity contribution in [1.29, 1.82) is 0 Å². The van der Waals surface area contributed by atoms with E-state index in [0.29, 0.717) is 24.5 Å². The first-order chi connectivity index (χ1) is 17.1. The van der Waals surface area contributed by atoms with Gasteiger partial charge < -0.3 is 5.32 Å². The lowest BCUT2D eigenvalue weighted by Crippen LogP contribution is -2.35. The third-order valence-corrected chi connectivity index (χ3v) is 6.16. The minimum Gasteiger partial charge on any atom is -0.354 e. The van der Waals surface area contributed by atoms with Gasteiger partial charge in [-0.2, -0.15) is 5.10 Å². The summed E-state index contributed by atoms with van der Waals surface area (Å²) in [4.78, 5) is 39.5. The van der Waals surface area contributed by atoms with Gasteiger partial charge in [0.2, 0.25) is 0 Å². The Morgan fingerprint density at radius 3 is 2.74 bits per heavy atom. The van der Waals surface area contributed by atoms with Crippen LogP contribution in [0, 0.1) is 0 Å². The number of halogens is 1. The third kappa shape index (κ3) is 4.65. The fraction of sp³-hybridized carbons (Fsp3) is 0.280. The highest BCUT2D eigenvalue weighted by Gasteiger charge is 2.21. The number of nitrogens with one attached hydrogen (secondary N) is 1. The molecule has 5 rings (SSSR count). The van der Waals surface area contributed by atoms with E-state index in [4.69, 9.17) is 0 Å². The molecule has 1 N–H and O–H groups in total. The summed E-state index contributed by atoms with van der Waals surface area (Å²) in [5.41, 5.74) is 4.37. The van der Waals surface area contributed by atoms with Crippen LogP contribution in [0.15, 0.2) is 48.9 Å². The Morgan fingerprint density at radius 1 is 1.09 bits per heavy atom. The zero-order chi connectivity index (χ0) is 24.4. The highest BCUT2D eigenvalue weighted by atomic mass is 19.1. The van der Waals surface area contributed by atoms with E-state index in [2.05, 4.69) is 30.3 Å². The van der Waals surface area contributed by atoms with Gasteiger partial charge in [-0.15, -0.1) is 0 Å². The van der Waals surface area contributed by atoms with Gasteiger partial charge in [0.25, 0.3) is 5.91 Å². The van der Waals surface area contributed by atoms with Gasteiger partial charge in [-0.25, -0.2) is 14.4 Å². The molecule has 35 heavy (non-hydrogen) atoms. The van der Waals surface area contributed by atoms with Crippen LogP contribution in [-0.4, -0.2) is 68.1 Å². The van der Waals surface area contributed by atoms with E-state index in [9.17, 15) is 14.0 Å². The van der Waals surface area contributed by atoms with Gasteiger partial charge in [0.1, 0.15) is 18.2 Å². The van der Waals surface area contributed by atoms with Gasteiger partial charge in [0, 0.05) is 55.6 Å². The van der Waals surface area contributed by atoms with Crippen LogP contribution in [-0.2, 0) is 19.5 Å². The Labute approximate surface area is 201 Å². The SMILES string of the molecule is CNC(=O)c1ccc(C(=O)Cc2ncc3ccc(-c4cnn5c4CN(CCF)CC5)cc3n2)cn1.